The minimum Gasteiger partial charge on any atom is -0.370 e. The summed E-state index contributed by atoms with van der Waals surface area (Å²) in [5.41, 5.74) is 0. The molecule has 0 aromatic carbocycles. The van der Waals surface area contributed by atoms with Crippen molar-refractivity contribution in [1.82, 2.24) is 20.1 Å². The van der Waals surface area contributed by atoms with E-state index in [1.54, 1.807) is 6.92 Å². The Kier molecular flexibility index (Phi) is 4.49. The van der Waals surface area contributed by atoms with Crippen LogP contribution in [0.1, 0.15) is 44.2 Å². The van der Waals surface area contributed by atoms with Gasteiger partial charge in [0, 0.05) is 18.5 Å². The molecule has 7 heteroatoms. The maximum Gasteiger partial charge on any atom is 0.245 e. The Morgan fingerprint density at radius 1 is 1.15 bits per heavy atom. The average Bonchev–Trinajstić information content (AvgIpc) is 2.82. The maximum absolute atomic E-state index is 5.06. The first-order valence-electron chi connectivity index (χ1n) is 6.74. The van der Waals surface area contributed by atoms with Crippen LogP contribution >= 0.6 is 0 Å². The molecule has 2 heterocycles. The van der Waals surface area contributed by atoms with Gasteiger partial charge in [-0.2, -0.15) is 4.98 Å². The van der Waals surface area contributed by atoms with Gasteiger partial charge in [-0.3, -0.25) is 0 Å². The molecule has 0 fully saturated rings. The zero-order valence-electron chi connectivity index (χ0n) is 12.3. The first-order chi connectivity index (χ1) is 9.58. The Bertz CT molecular complexity index is 566. The van der Waals surface area contributed by atoms with E-state index in [1.807, 2.05) is 13.0 Å². The fourth-order valence-electron chi connectivity index (χ4n) is 1.66. The third-order valence-electron chi connectivity index (χ3n) is 2.61. The van der Waals surface area contributed by atoms with E-state index in [0.29, 0.717) is 18.3 Å². The molecular weight excluding hydrogens is 256 g/mol. The van der Waals surface area contributed by atoms with Crippen LogP contribution in [-0.2, 0) is 6.54 Å². The van der Waals surface area contributed by atoms with E-state index in [4.69, 9.17) is 4.52 Å². The molecule has 2 aromatic rings. The number of aromatic nitrogens is 4. The van der Waals surface area contributed by atoms with Crippen molar-refractivity contribution >= 4 is 11.6 Å². The van der Waals surface area contributed by atoms with Gasteiger partial charge in [-0.15, -0.1) is 0 Å². The molecule has 2 aromatic heterocycles. The van der Waals surface area contributed by atoms with Crippen LogP contribution in [0.2, 0.25) is 0 Å². The Morgan fingerprint density at radius 2 is 1.85 bits per heavy atom. The lowest BCUT2D eigenvalue weighted by atomic mass is 10.2. The molecule has 0 aliphatic rings. The molecule has 0 saturated heterocycles. The summed E-state index contributed by atoms with van der Waals surface area (Å²) in [6.45, 7) is 9.22. The maximum atomic E-state index is 5.06. The molecule has 0 atom stereocenters. The van der Waals surface area contributed by atoms with Crippen molar-refractivity contribution in [2.24, 2.45) is 0 Å². The molecule has 0 saturated carbocycles. The number of aryl methyl sites for hydroxylation is 1. The molecule has 0 unspecified atom stereocenters. The lowest BCUT2D eigenvalue weighted by Crippen LogP contribution is -2.09. The Morgan fingerprint density at radius 3 is 2.40 bits per heavy atom. The fraction of sp³-hybridized carbons (Fsp3) is 0.538. The van der Waals surface area contributed by atoms with Crippen LogP contribution in [0.25, 0.3) is 0 Å². The van der Waals surface area contributed by atoms with E-state index in [2.05, 4.69) is 44.6 Å². The Hall–Kier alpha value is -2.18. The van der Waals surface area contributed by atoms with E-state index in [-0.39, 0.29) is 5.92 Å². The summed E-state index contributed by atoms with van der Waals surface area (Å²) in [7, 11) is 0. The van der Waals surface area contributed by atoms with Crippen LogP contribution in [0.5, 0.6) is 0 Å². The molecule has 0 amide bonds. The molecule has 20 heavy (non-hydrogen) atoms. The van der Waals surface area contributed by atoms with Gasteiger partial charge in [-0.1, -0.05) is 19.0 Å². The van der Waals surface area contributed by atoms with Gasteiger partial charge < -0.3 is 15.2 Å². The molecule has 0 spiro atoms. The second-order valence-corrected chi connectivity index (χ2v) is 4.77. The number of hydrogen-bond donors (Lipinski definition) is 2. The smallest absolute Gasteiger partial charge is 0.245 e. The number of anilines is 2. The summed E-state index contributed by atoms with van der Waals surface area (Å²) in [5.74, 6) is 3.79. The van der Waals surface area contributed by atoms with Crippen molar-refractivity contribution < 1.29 is 4.52 Å². The minimum absolute atomic E-state index is 0.264. The fourth-order valence-corrected chi connectivity index (χ4v) is 1.66. The minimum atomic E-state index is 0.264. The Balaban J connectivity index is 2.13. The predicted octanol–water partition coefficient (Wildman–Crippen LogP) is 2.34. The van der Waals surface area contributed by atoms with Crippen molar-refractivity contribution in [1.29, 1.82) is 0 Å². The third-order valence-corrected chi connectivity index (χ3v) is 2.61. The summed E-state index contributed by atoms with van der Waals surface area (Å²) in [4.78, 5) is 13.1. The van der Waals surface area contributed by atoms with Gasteiger partial charge in [0.05, 0.1) is 6.54 Å². The van der Waals surface area contributed by atoms with E-state index >= 15 is 0 Å². The third kappa shape index (κ3) is 3.66. The highest BCUT2D eigenvalue weighted by molar-refractivity contribution is 5.47. The number of nitrogens with one attached hydrogen (secondary N) is 2. The topological polar surface area (TPSA) is 88.8 Å². The summed E-state index contributed by atoms with van der Waals surface area (Å²) in [5, 5.41) is 10.1. The van der Waals surface area contributed by atoms with Gasteiger partial charge >= 0.3 is 0 Å². The molecule has 108 valence electrons. The van der Waals surface area contributed by atoms with Crippen molar-refractivity contribution in [3.63, 3.8) is 0 Å². The second kappa shape index (κ2) is 6.31. The summed E-state index contributed by atoms with van der Waals surface area (Å²) >= 11 is 0. The van der Waals surface area contributed by atoms with E-state index in [9.17, 15) is 0 Å². The van der Waals surface area contributed by atoms with Gasteiger partial charge in [0.25, 0.3) is 0 Å². The van der Waals surface area contributed by atoms with Crippen molar-refractivity contribution in [2.45, 2.75) is 40.2 Å². The molecule has 0 aliphatic carbocycles. The second-order valence-electron chi connectivity index (χ2n) is 4.77. The van der Waals surface area contributed by atoms with Crippen molar-refractivity contribution in [3.05, 3.63) is 23.6 Å². The van der Waals surface area contributed by atoms with Crippen LogP contribution in [-0.4, -0.2) is 26.7 Å². The highest BCUT2D eigenvalue weighted by Gasteiger charge is 2.09. The molecule has 2 N–H and O–H groups in total. The van der Waals surface area contributed by atoms with Crippen molar-refractivity contribution in [2.75, 3.05) is 17.2 Å². The normalized spacial score (nSPS) is 10.8. The van der Waals surface area contributed by atoms with Crippen LogP contribution in [0.3, 0.4) is 0 Å². The largest absolute Gasteiger partial charge is 0.370 e. The van der Waals surface area contributed by atoms with Crippen molar-refractivity contribution in [3.8, 4) is 0 Å². The SMILES string of the molecule is CCNc1cc(NCc2nc(C)no2)nc(C(C)C)n1. The lowest BCUT2D eigenvalue weighted by Gasteiger charge is -2.11. The predicted molar refractivity (Wildman–Crippen MR) is 76.6 cm³/mol. The zero-order valence-corrected chi connectivity index (χ0v) is 12.3. The first kappa shape index (κ1) is 14.2. The average molecular weight is 276 g/mol. The van der Waals surface area contributed by atoms with Gasteiger partial charge in [-0.25, -0.2) is 9.97 Å². The highest BCUT2D eigenvalue weighted by atomic mass is 16.5. The Labute approximate surface area is 118 Å². The summed E-state index contributed by atoms with van der Waals surface area (Å²) < 4.78 is 5.06. The quantitative estimate of drug-likeness (QED) is 0.837. The molecule has 0 bridgehead atoms. The number of rotatable bonds is 6. The lowest BCUT2D eigenvalue weighted by molar-refractivity contribution is 0.379. The van der Waals surface area contributed by atoms with E-state index in [0.717, 1.165) is 24.0 Å². The summed E-state index contributed by atoms with van der Waals surface area (Å²) in [6, 6.07) is 1.87. The standard InChI is InChI=1S/C13H20N6O/c1-5-14-10-6-11(18-13(17-10)8(2)3)15-7-12-16-9(4)19-20-12/h6,8H,5,7H2,1-4H3,(H2,14,15,17,18). The molecule has 0 radical (unpaired) electrons. The van der Waals surface area contributed by atoms with Crippen LogP contribution in [0.15, 0.2) is 10.6 Å². The molecule has 2 rings (SSSR count). The molecule has 0 aliphatic heterocycles. The monoisotopic (exact) mass is 276 g/mol. The van der Waals surface area contributed by atoms with Crippen LogP contribution < -0.4 is 10.6 Å². The molecule has 7 nitrogen and oxygen atoms in total. The first-order valence-corrected chi connectivity index (χ1v) is 6.74. The van der Waals surface area contributed by atoms with Gasteiger partial charge in [0.2, 0.25) is 5.89 Å². The van der Waals surface area contributed by atoms with Gasteiger partial charge in [0.1, 0.15) is 17.5 Å². The van der Waals surface area contributed by atoms with Crippen LogP contribution in [0, 0.1) is 6.92 Å². The van der Waals surface area contributed by atoms with E-state index in [1.165, 1.54) is 0 Å². The summed E-state index contributed by atoms with van der Waals surface area (Å²) in [6.07, 6.45) is 0. The van der Waals surface area contributed by atoms with Crippen LogP contribution in [0.4, 0.5) is 11.6 Å². The van der Waals surface area contributed by atoms with Gasteiger partial charge in [-0.05, 0) is 13.8 Å². The van der Waals surface area contributed by atoms with Gasteiger partial charge in [0.15, 0.2) is 5.82 Å². The molecular formula is C13H20N6O. The zero-order chi connectivity index (χ0) is 14.5. The van der Waals surface area contributed by atoms with E-state index < -0.39 is 0 Å². The number of hydrogen-bond acceptors (Lipinski definition) is 7. The number of nitrogens with zero attached hydrogens (tertiary/aromatic N) is 4. The highest BCUT2D eigenvalue weighted by Crippen LogP contribution is 2.17.